The Kier molecular flexibility index (Phi) is 5.17. The lowest BCUT2D eigenvalue weighted by Crippen LogP contribution is -2.34. The molecule has 0 amide bonds. The van der Waals surface area contributed by atoms with E-state index in [0.29, 0.717) is 0 Å². The summed E-state index contributed by atoms with van der Waals surface area (Å²) in [4.78, 5) is 38.1. The van der Waals surface area contributed by atoms with Gasteiger partial charge >= 0.3 is 11.9 Å². The predicted octanol–water partition coefficient (Wildman–Crippen LogP) is -0.897. The lowest BCUT2D eigenvalue weighted by Gasteiger charge is -2.16. The second kappa shape index (κ2) is 5.38. The lowest BCUT2D eigenvalue weighted by molar-refractivity contribution is -0.140. The Morgan fingerprint density at radius 1 is 1.36 bits per heavy atom. The van der Waals surface area contributed by atoms with Crippen LogP contribution in [0.4, 0.5) is 0 Å². The zero-order valence-corrected chi connectivity index (χ0v) is 8.66. The highest BCUT2D eigenvalue weighted by Crippen LogP contribution is 2.30. The summed E-state index contributed by atoms with van der Waals surface area (Å²) >= 11 is 4.16. The maximum atomic E-state index is 10.5. The molecule has 0 aliphatic heterocycles. The van der Waals surface area contributed by atoms with Crippen molar-refractivity contribution >= 4 is 30.4 Å². The third kappa shape index (κ3) is 6.93. The Hall–Kier alpha value is -0.530. The summed E-state index contributed by atoms with van der Waals surface area (Å²) in [5, 5.41) is 18.7. The van der Waals surface area contributed by atoms with Gasteiger partial charge in [-0.2, -0.15) is 0 Å². The van der Waals surface area contributed by atoms with Gasteiger partial charge in [-0.05, 0) is 18.2 Å². The molecule has 0 rings (SSSR count). The Morgan fingerprint density at radius 2 is 1.86 bits per heavy atom. The second-order valence-corrected chi connectivity index (χ2v) is 5.37. The largest absolute Gasteiger partial charge is 0.481 e. The van der Waals surface area contributed by atoms with Crippen LogP contribution in [0.15, 0.2) is 0 Å². The summed E-state index contributed by atoms with van der Waals surface area (Å²) in [5.74, 6) is -2.54. The molecule has 0 saturated heterocycles. The highest BCUT2D eigenvalue weighted by Gasteiger charge is 2.23. The van der Waals surface area contributed by atoms with Gasteiger partial charge in [0.15, 0.2) is 0 Å². The molecule has 0 spiro atoms. The van der Waals surface area contributed by atoms with Gasteiger partial charge in [0.1, 0.15) is 6.04 Å². The minimum atomic E-state index is -3.83. The van der Waals surface area contributed by atoms with Crippen LogP contribution in [0, 0.1) is 0 Å². The first-order valence-electron chi connectivity index (χ1n) is 3.50. The first-order chi connectivity index (χ1) is 6.22. The fourth-order valence-electron chi connectivity index (χ4n) is 0.714. The summed E-state index contributed by atoms with van der Waals surface area (Å²) in [5.41, 5.74) is 0. The number of carbonyl (C=O) groups is 2. The zero-order chi connectivity index (χ0) is 11.4. The van der Waals surface area contributed by atoms with Crippen LogP contribution in [-0.4, -0.2) is 38.0 Å². The van der Waals surface area contributed by atoms with Gasteiger partial charge in [-0.1, -0.05) is 0 Å². The van der Waals surface area contributed by atoms with Gasteiger partial charge in [-0.3, -0.25) is 9.59 Å². The molecular formula is C5H10NO6PS. The molecule has 1 atom stereocenters. The molecule has 7 nitrogen and oxygen atoms in total. The smallest absolute Gasteiger partial charge is 0.321 e. The lowest BCUT2D eigenvalue weighted by atomic mass is 10.2. The molecule has 14 heavy (non-hydrogen) atoms. The van der Waals surface area contributed by atoms with Crippen molar-refractivity contribution < 1.29 is 29.6 Å². The third-order valence-corrected chi connectivity index (χ3v) is 2.23. The van der Waals surface area contributed by atoms with E-state index < -0.39 is 24.6 Å². The van der Waals surface area contributed by atoms with Crippen molar-refractivity contribution in [2.75, 3.05) is 0 Å². The van der Waals surface area contributed by atoms with Gasteiger partial charge < -0.3 is 20.0 Å². The van der Waals surface area contributed by atoms with Crippen LogP contribution in [0.5, 0.6) is 0 Å². The molecule has 0 aliphatic rings. The highest BCUT2D eigenvalue weighted by molar-refractivity contribution is 8.08. The molecule has 0 aromatic heterocycles. The van der Waals surface area contributed by atoms with Gasteiger partial charge in [-0.25, -0.2) is 5.09 Å². The van der Waals surface area contributed by atoms with E-state index in [4.69, 9.17) is 20.0 Å². The van der Waals surface area contributed by atoms with E-state index in [1.807, 2.05) is 5.09 Å². The maximum absolute atomic E-state index is 10.5. The van der Waals surface area contributed by atoms with Gasteiger partial charge in [0.25, 0.3) is 6.64 Å². The molecular weight excluding hydrogens is 233 g/mol. The SMILES string of the molecule is O=C(O)CC[C@H](NP(O)(O)=S)C(=O)O. The van der Waals surface area contributed by atoms with Crippen LogP contribution in [-0.2, 0) is 21.4 Å². The Bertz CT molecular complexity index is 275. The Balaban J connectivity index is 4.24. The van der Waals surface area contributed by atoms with Crippen LogP contribution in [0.1, 0.15) is 12.8 Å². The van der Waals surface area contributed by atoms with Crippen LogP contribution < -0.4 is 5.09 Å². The van der Waals surface area contributed by atoms with Crippen molar-refractivity contribution in [1.29, 1.82) is 0 Å². The molecule has 0 unspecified atom stereocenters. The summed E-state index contributed by atoms with van der Waals surface area (Å²) in [6.07, 6.45) is -0.649. The van der Waals surface area contributed by atoms with E-state index >= 15 is 0 Å². The Labute approximate surface area is 84.6 Å². The molecule has 0 radical (unpaired) electrons. The number of carboxylic acids is 2. The summed E-state index contributed by atoms with van der Waals surface area (Å²) < 4.78 is 0. The fraction of sp³-hybridized carbons (Fsp3) is 0.600. The maximum Gasteiger partial charge on any atom is 0.321 e. The van der Waals surface area contributed by atoms with Crippen LogP contribution in [0.3, 0.4) is 0 Å². The standard InChI is InChI=1S/C5H10NO6PS/c7-4(8)2-1-3(5(9)10)6-13(11,12)14/h3H,1-2H2,(H,7,8)(H,9,10)(H3,6,11,12,14)/t3-/m0/s1. The second-order valence-electron chi connectivity index (χ2n) is 2.50. The molecule has 0 aliphatic carbocycles. The van der Waals surface area contributed by atoms with Gasteiger partial charge in [-0.15, -0.1) is 0 Å². The first kappa shape index (κ1) is 13.5. The number of carboxylic acid groups (broad SMARTS) is 2. The van der Waals surface area contributed by atoms with Crippen molar-refractivity contribution in [2.45, 2.75) is 18.9 Å². The molecule has 0 aromatic rings. The van der Waals surface area contributed by atoms with Crippen molar-refractivity contribution in [3.8, 4) is 0 Å². The highest BCUT2D eigenvalue weighted by atomic mass is 32.5. The van der Waals surface area contributed by atoms with Gasteiger partial charge in [0.2, 0.25) is 0 Å². The van der Waals surface area contributed by atoms with Crippen LogP contribution >= 0.6 is 6.64 Å². The summed E-state index contributed by atoms with van der Waals surface area (Å²) in [7, 11) is 0. The van der Waals surface area contributed by atoms with E-state index in [-0.39, 0.29) is 12.8 Å². The number of rotatable bonds is 6. The average molecular weight is 243 g/mol. The third-order valence-electron chi connectivity index (χ3n) is 1.27. The van der Waals surface area contributed by atoms with Crippen LogP contribution in [0.2, 0.25) is 0 Å². The van der Waals surface area contributed by atoms with E-state index in [0.717, 1.165) is 0 Å². The molecule has 0 bridgehead atoms. The number of hydrogen-bond acceptors (Lipinski definition) is 3. The van der Waals surface area contributed by atoms with E-state index in [1.165, 1.54) is 0 Å². The van der Waals surface area contributed by atoms with E-state index in [9.17, 15) is 9.59 Å². The van der Waals surface area contributed by atoms with Crippen molar-refractivity contribution in [3.05, 3.63) is 0 Å². The van der Waals surface area contributed by atoms with Crippen molar-refractivity contribution in [2.24, 2.45) is 0 Å². The number of hydrogen-bond donors (Lipinski definition) is 5. The van der Waals surface area contributed by atoms with Gasteiger partial charge in [0.05, 0.1) is 0 Å². The van der Waals surface area contributed by atoms with Crippen molar-refractivity contribution in [1.82, 2.24) is 5.09 Å². The normalized spacial score (nSPS) is 13.6. The molecule has 0 saturated carbocycles. The quantitative estimate of drug-likeness (QED) is 0.380. The minimum Gasteiger partial charge on any atom is -0.481 e. The monoisotopic (exact) mass is 243 g/mol. The van der Waals surface area contributed by atoms with Crippen LogP contribution in [0.25, 0.3) is 0 Å². The first-order valence-corrected chi connectivity index (χ1v) is 6.21. The molecule has 0 fully saturated rings. The number of nitrogens with one attached hydrogen (secondary N) is 1. The molecule has 5 N–H and O–H groups in total. The predicted molar refractivity (Wildman–Crippen MR) is 50.2 cm³/mol. The van der Waals surface area contributed by atoms with E-state index in [1.54, 1.807) is 0 Å². The Morgan fingerprint density at radius 3 is 2.14 bits per heavy atom. The topological polar surface area (TPSA) is 127 Å². The zero-order valence-electron chi connectivity index (χ0n) is 6.95. The number of aliphatic carboxylic acids is 2. The molecule has 9 heteroatoms. The molecule has 0 heterocycles. The van der Waals surface area contributed by atoms with Gasteiger partial charge in [0, 0.05) is 6.42 Å². The van der Waals surface area contributed by atoms with Crippen molar-refractivity contribution in [3.63, 3.8) is 0 Å². The summed E-state index contributed by atoms with van der Waals surface area (Å²) in [6, 6.07) is -1.35. The fourth-order valence-corrected chi connectivity index (χ4v) is 1.74. The summed E-state index contributed by atoms with van der Waals surface area (Å²) in [6.45, 7) is -3.83. The molecule has 82 valence electrons. The molecule has 0 aromatic carbocycles. The van der Waals surface area contributed by atoms with E-state index in [2.05, 4.69) is 11.8 Å². The average Bonchev–Trinajstić information content (AvgIpc) is 1.94. The minimum absolute atomic E-state index is 0.260.